The number of rotatable bonds is 14. The molecule has 1 aromatic rings. The molecule has 13 heteroatoms. The van der Waals surface area contributed by atoms with E-state index in [2.05, 4.69) is 25.8 Å². The largest absolute Gasteiger partial charge is 0.494 e. The van der Waals surface area contributed by atoms with Crippen LogP contribution < -0.4 is 20.9 Å². The Morgan fingerprint density at radius 1 is 1.04 bits per heavy atom. The average molecular weight is 660 g/mol. The SMILES string of the molecule is CNC(=O)C(CCC=O)N1C(=O)c2ccc(N3CCC(CCN4CCC(N/C=C5/C=C(NC=O)C(OC)=CC5=N)CC4)CC3)cc2C1=O. The van der Waals surface area contributed by atoms with Crippen molar-refractivity contribution in [2.24, 2.45) is 5.92 Å². The summed E-state index contributed by atoms with van der Waals surface area (Å²) in [5.41, 5.74) is 3.04. The number of aldehydes is 1. The van der Waals surface area contributed by atoms with Gasteiger partial charge < -0.3 is 40.7 Å². The maximum atomic E-state index is 13.3. The van der Waals surface area contributed by atoms with E-state index in [9.17, 15) is 24.0 Å². The number of piperidine rings is 2. The zero-order chi connectivity index (χ0) is 34.2. The number of methoxy groups -OCH3 is 1. The van der Waals surface area contributed by atoms with Gasteiger partial charge in [-0.25, -0.2) is 0 Å². The van der Waals surface area contributed by atoms with Crippen LogP contribution in [0.25, 0.3) is 0 Å². The molecule has 13 nitrogen and oxygen atoms in total. The van der Waals surface area contributed by atoms with Crippen molar-refractivity contribution in [3.8, 4) is 0 Å². The van der Waals surface area contributed by atoms with E-state index in [1.807, 2.05) is 12.3 Å². The zero-order valence-corrected chi connectivity index (χ0v) is 27.6. The van der Waals surface area contributed by atoms with E-state index in [0.717, 1.165) is 75.4 Å². The molecule has 5 rings (SSSR count). The number of fused-ring (bicyclic) bond motifs is 1. The highest BCUT2D eigenvalue weighted by Gasteiger charge is 2.42. The summed E-state index contributed by atoms with van der Waals surface area (Å²) in [4.78, 5) is 66.6. The maximum absolute atomic E-state index is 13.3. The molecule has 1 aliphatic carbocycles. The summed E-state index contributed by atoms with van der Waals surface area (Å²) in [7, 11) is 2.96. The summed E-state index contributed by atoms with van der Waals surface area (Å²) in [5.74, 6) is -0.394. The van der Waals surface area contributed by atoms with E-state index >= 15 is 0 Å². The van der Waals surface area contributed by atoms with E-state index in [1.165, 1.54) is 14.2 Å². The first-order valence-electron chi connectivity index (χ1n) is 16.7. The van der Waals surface area contributed by atoms with Crippen LogP contribution in [-0.4, -0.2) is 105 Å². The number of likely N-dealkylation sites (tertiary alicyclic amines) is 1. The topological polar surface area (TPSA) is 164 Å². The maximum Gasteiger partial charge on any atom is 0.262 e. The summed E-state index contributed by atoms with van der Waals surface area (Å²) < 4.78 is 5.26. The highest BCUT2D eigenvalue weighted by Crippen LogP contribution is 2.32. The number of imide groups is 1. The molecule has 4 aliphatic rings. The molecule has 2 saturated heterocycles. The van der Waals surface area contributed by atoms with Crippen LogP contribution in [0.4, 0.5) is 5.69 Å². The molecule has 3 aliphatic heterocycles. The third-order valence-corrected chi connectivity index (χ3v) is 9.80. The van der Waals surface area contributed by atoms with Gasteiger partial charge in [0.1, 0.15) is 18.1 Å². The van der Waals surface area contributed by atoms with Crippen LogP contribution in [0, 0.1) is 11.3 Å². The number of allylic oxidation sites excluding steroid dienone is 3. The van der Waals surface area contributed by atoms with Crippen molar-refractivity contribution < 1.29 is 28.7 Å². The fraction of sp³-hybridized carbons (Fsp3) is 0.486. The smallest absolute Gasteiger partial charge is 0.262 e. The number of nitrogens with zero attached hydrogens (tertiary/aromatic N) is 3. The monoisotopic (exact) mass is 659 g/mol. The Balaban J connectivity index is 1.07. The van der Waals surface area contributed by atoms with E-state index in [-0.39, 0.29) is 12.8 Å². The van der Waals surface area contributed by atoms with Crippen molar-refractivity contribution in [2.45, 2.75) is 57.0 Å². The van der Waals surface area contributed by atoms with Crippen LogP contribution in [0.3, 0.4) is 0 Å². The fourth-order valence-corrected chi connectivity index (χ4v) is 6.93. The van der Waals surface area contributed by atoms with Gasteiger partial charge in [-0.3, -0.25) is 24.1 Å². The number of likely N-dealkylation sites (N-methyl/N-ethyl adjacent to an activating group) is 1. The molecule has 1 atom stereocenters. The van der Waals surface area contributed by atoms with Gasteiger partial charge in [0.2, 0.25) is 12.3 Å². The first kappa shape index (κ1) is 34.6. The predicted molar refractivity (Wildman–Crippen MR) is 180 cm³/mol. The van der Waals surface area contributed by atoms with Crippen molar-refractivity contribution in [1.82, 2.24) is 25.8 Å². The number of nitrogens with one attached hydrogen (secondary N) is 4. The van der Waals surface area contributed by atoms with E-state index in [1.54, 1.807) is 24.3 Å². The van der Waals surface area contributed by atoms with Gasteiger partial charge in [-0.2, -0.15) is 0 Å². The van der Waals surface area contributed by atoms with Gasteiger partial charge >= 0.3 is 0 Å². The quantitative estimate of drug-likeness (QED) is 0.173. The van der Waals surface area contributed by atoms with Crippen LogP contribution >= 0.6 is 0 Å². The standard InChI is InChI=1S/C35H45N7O6/c1-37-33(45)31(4-3-17-43)42-34(46)27-6-5-26(19-28(27)35(42)47)41-15-8-23(9-16-41)7-12-40-13-10-25(11-14-40)38-21-24-18-30(39-22-44)32(48-2)20-29(24)36/h5-6,17-23,25,31,36,38H,3-4,7-16H2,1-2H3,(H,37,45)(H,39,44)/b24-21-,36-29?. The van der Waals surface area contributed by atoms with Gasteiger partial charge in [-0.15, -0.1) is 0 Å². The van der Waals surface area contributed by atoms with Gasteiger partial charge in [0.25, 0.3) is 11.8 Å². The minimum Gasteiger partial charge on any atom is -0.494 e. The van der Waals surface area contributed by atoms with Crippen molar-refractivity contribution in [2.75, 3.05) is 51.8 Å². The number of carbonyl (C=O) groups excluding carboxylic acids is 5. The summed E-state index contributed by atoms with van der Waals surface area (Å²) in [6.07, 6.45) is 11.9. The van der Waals surface area contributed by atoms with Crippen molar-refractivity contribution in [1.29, 1.82) is 5.41 Å². The number of hydrogen-bond donors (Lipinski definition) is 4. The highest BCUT2D eigenvalue weighted by molar-refractivity contribution is 6.23. The van der Waals surface area contributed by atoms with Gasteiger partial charge in [0.15, 0.2) is 0 Å². The molecule has 2 fully saturated rings. The minimum absolute atomic E-state index is 0.0726. The number of hydrogen-bond acceptors (Lipinski definition) is 10. The highest BCUT2D eigenvalue weighted by atomic mass is 16.5. The second-order valence-corrected chi connectivity index (χ2v) is 12.6. The Morgan fingerprint density at radius 3 is 2.44 bits per heavy atom. The van der Waals surface area contributed by atoms with E-state index in [0.29, 0.717) is 58.5 Å². The number of ether oxygens (including phenoxy) is 1. The average Bonchev–Trinajstić information content (AvgIpc) is 3.36. The fourth-order valence-electron chi connectivity index (χ4n) is 6.93. The van der Waals surface area contributed by atoms with Gasteiger partial charge in [-0.05, 0) is 75.3 Å². The molecule has 1 unspecified atom stereocenters. The summed E-state index contributed by atoms with van der Waals surface area (Å²) in [6, 6.07) is 4.63. The molecule has 0 aromatic heterocycles. The van der Waals surface area contributed by atoms with Crippen LogP contribution in [-0.2, 0) is 19.1 Å². The first-order chi connectivity index (χ1) is 23.3. The lowest BCUT2D eigenvalue weighted by Crippen LogP contribution is -2.48. The summed E-state index contributed by atoms with van der Waals surface area (Å²) in [5, 5.41) is 16.9. The van der Waals surface area contributed by atoms with Gasteiger partial charge in [0, 0.05) is 69.2 Å². The molecule has 0 bridgehead atoms. The lowest BCUT2D eigenvalue weighted by molar-refractivity contribution is -0.124. The normalized spacial score (nSPS) is 20.6. The Kier molecular flexibility index (Phi) is 11.4. The van der Waals surface area contributed by atoms with Crippen LogP contribution in [0.2, 0.25) is 0 Å². The molecular weight excluding hydrogens is 614 g/mol. The summed E-state index contributed by atoms with van der Waals surface area (Å²) in [6.45, 7) is 4.80. The van der Waals surface area contributed by atoms with Crippen molar-refractivity contribution in [3.05, 3.63) is 64.7 Å². The number of anilines is 1. The third kappa shape index (κ3) is 7.67. The zero-order valence-electron chi connectivity index (χ0n) is 27.6. The van der Waals surface area contributed by atoms with E-state index in [4.69, 9.17) is 10.1 Å². The van der Waals surface area contributed by atoms with Crippen LogP contribution in [0.15, 0.2) is 53.6 Å². The van der Waals surface area contributed by atoms with Crippen LogP contribution in [0.1, 0.15) is 65.7 Å². The lowest BCUT2D eigenvalue weighted by Gasteiger charge is -2.36. The Labute approximate surface area is 280 Å². The Bertz CT molecular complexity index is 1520. The number of amides is 4. The third-order valence-electron chi connectivity index (χ3n) is 9.80. The van der Waals surface area contributed by atoms with Crippen molar-refractivity contribution in [3.63, 3.8) is 0 Å². The predicted octanol–water partition coefficient (Wildman–Crippen LogP) is 2.11. The molecule has 48 heavy (non-hydrogen) atoms. The van der Waals surface area contributed by atoms with E-state index < -0.39 is 23.8 Å². The molecule has 0 spiro atoms. The van der Waals surface area contributed by atoms with Crippen molar-refractivity contribution >= 4 is 41.8 Å². The molecule has 0 saturated carbocycles. The number of carbonyl (C=O) groups is 5. The second-order valence-electron chi connectivity index (χ2n) is 12.6. The molecule has 1 aromatic carbocycles. The minimum atomic E-state index is -1.02. The van der Waals surface area contributed by atoms with Gasteiger partial charge in [-0.1, -0.05) is 0 Å². The molecule has 4 amide bonds. The molecular formula is C35H45N7O6. The van der Waals surface area contributed by atoms with Gasteiger partial charge in [0.05, 0.1) is 29.6 Å². The Morgan fingerprint density at radius 2 is 1.77 bits per heavy atom. The lowest BCUT2D eigenvalue weighted by atomic mass is 9.92. The molecule has 3 heterocycles. The second kappa shape index (κ2) is 15.9. The first-order valence-corrected chi connectivity index (χ1v) is 16.7. The summed E-state index contributed by atoms with van der Waals surface area (Å²) >= 11 is 0. The number of benzene rings is 1. The molecule has 0 radical (unpaired) electrons. The molecule has 4 N–H and O–H groups in total. The van der Waals surface area contributed by atoms with Crippen LogP contribution in [0.5, 0.6) is 0 Å². The Hall–Kier alpha value is -4.78. The molecule has 256 valence electrons.